The van der Waals surface area contributed by atoms with Crippen molar-refractivity contribution in [2.24, 2.45) is 5.41 Å². The number of rotatable bonds is 7. The lowest BCUT2D eigenvalue weighted by Crippen LogP contribution is -2.25. The number of ether oxygens (including phenoxy) is 1. The fourth-order valence-electron chi connectivity index (χ4n) is 2.06. The smallest absolute Gasteiger partial charge is 0.198 e. The minimum Gasteiger partial charge on any atom is -0.486 e. The number of carbonyl (C=O) groups is 1. The van der Waals surface area contributed by atoms with Crippen LogP contribution in [0.15, 0.2) is 41.4 Å². The van der Waals surface area contributed by atoms with Crippen molar-refractivity contribution in [2.75, 3.05) is 0 Å². The van der Waals surface area contributed by atoms with Gasteiger partial charge >= 0.3 is 0 Å². The van der Waals surface area contributed by atoms with Gasteiger partial charge in [0.2, 0.25) is 0 Å². The van der Waals surface area contributed by atoms with Crippen molar-refractivity contribution in [1.82, 2.24) is 14.3 Å². The second-order valence-corrected chi connectivity index (χ2v) is 7.95. The Kier molecular flexibility index (Phi) is 6.35. The van der Waals surface area contributed by atoms with E-state index in [2.05, 4.69) is 27.6 Å². The van der Waals surface area contributed by atoms with Crippen LogP contribution in [0.2, 0.25) is 0 Å². The maximum atomic E-state index is 12.3. The van der Waals surface area contributed by atoms with Crippen molar-refractivity contribution in [1.29, 1.82) is 0 Å². The number of carbonyl (C=O) groups excluding carboxylic acids is 1. The van der Waals surface area contributed by atoms with E-state index in [4.69, 9.17) is 17.0 Å². The predicted octanol–water partition coefficient (Wildman–Crippen LogP) is 4.56. The van der Waals surface area contributed by atoms with Crippen molar-refractivity contribution in [3.8, 4) is 5.75 Å². The molecule has 0 N–H and O–H groups in total. The molecule has 7 heteroatoms. The number of halogens is 1. The molecule has 0 saturated heterocycles. The molecule has 0 spiro atoms. The third-order valence-corrected chi connectivity index (χ3v) is 4.58. The molecule has 0 aliphatic rings. The molecule has 25 heavy (non-hydrogen) atoms. The van der Waals surface area contributed by atoms with Crippen LogP contribution in [0.5, 0.6) is 5.75 Å². The molecular weight excluding hydrogens is 402 g/mol. The van der Waals surface area contributed by atoms with Gasteiger partial charge in [0, 0.05) is 16.4 Å². The van der Waals surface area contributed by atoms with E-state index in [1.54, 1.807) is 10.8 Å². The molecule has 2 aromatic rings. The summed E-state index contributed by atoms with van der Waals surface area (Å²) in [6.45, 7) is 10.3. The van der Waals surface area contributed by atoms with Crippen molar-refractivity contribution in [3.05, 3.63) is 52.0 Å². The molecule has 0 atom stereocenters. The summed E-state index contributed by atoms with van der Waals surface area (Å²) in [5.41, 5.74) is -0.439. The third-order valence-electron chi connectivity index (χ3n) is 3.62. The number of ketones is 1. The Morgan fingerprint density at radius 1 is 1.36 bits per heavy atom. The van der Waals surface area contributed by atoms with E-state index in [0.29, 0.717) is 17.1 Å². The minimum absolute atomic E-state index is 0.0761. The normalized spacial score (nSPS) is 11.4. The molecule has 134 valence electrons. The zero-order valence-electron chi connectivity index (χ0n) is 14.7. The Morgan fingerprint density at radius 2 is 2.00 bits per heavy atom. The number of allylic oxidation sites excluding steroid dienone is 1. The Morgan fingerprint density at radius 3 is 2.56 bits per heavy atom. The van der Waals surface area contributed by atoms with E-state index in [0.717, 1.165) is 10.2 Å². The number of benzene rings is 1. The standard InChI is InChI=1S/C18H22BrN3O2S/c1-5-10-21-16(12-24-14-8-6-13(19)7-9-14)20-22(17(21)25)11-15(23)18(2,3)4/h5-9H,1,10-12H2,2-4H3. The van der Waals surface area contributed by atoms with E-state index in [9.17, 15) is 4.79 Å². The van der Waals surface area contributed by atoms with Crippen LogP contribution in [0.1, 0.15) is 26.6 Å². The molecule has 0 saturated carbocycles. The first-order valence-corrected chi connectivity index (χ1v) is 9.11. The Bertz CT molecular complexity index is 816. The van der Waals surface area contributed by atoms with Gasteiger partial charge in [-0.15, -0.1) is 6.58 Å². The average Bonchev–Trinajstić information content (AvgIpc) is 2.83. The molecule has 1 aromatic heterocycles. The second-order valence-electron chi connectivity index (χ2n) is 6.67. The van der Waals surface area contributed by atoms with E-state index in [-0.39, 0.29) is 18.9 Å². The van der Waals surface area contributed by atoms with Crippen LogP contribution in [0, 0.1) is 10.2 Å². The van der Waals surface area contributed by atoms with Crippen molar-refractivity contribution < 1.29 is 9.53 Å². The fraction of sp³-hybridized carbons (Fsp3) is 0.389. The summed E-state index contributed by atoms with van der Waals surface area (Å²) in [6.07, 6.45) is 1.75. The summed E-state index contributed by atoms with van der Waals surface area (Å²) < 4.78 is 10.7. The average molecular weight is 424 g/mol. The molecule has 0 aliphatic heterocycles. The van der Waals surface area contributed by atoms with Crippen molar-refractivity contribution in [3.63, 3.8) is 0 Å². The van der Waals surface area contributed by atoms with Crippen molar-refractivity contribution in [2.45, 2.75) is 40.5 Å². The summed E-state index contributed by atoms with van der Waals surface area (Å²) in [5, 5.41) is 4.49. The molecule has 0 unspecified atom stereocenters. The minimum atomic E-state index is -0.439. The maximum Gasteiger partial charge on any atom is 0.198 e. The number of nitrogens with zero attached hydrogens (tertiary/aromatic N) is 3. The summed E-state index contributed by atoms with van der Waals surface area (Å²) >= 11 is 8.86. The molecule has 1 aromatic carbocycles. The van der Waals surface area contributed by atoms with E-state index in [1.165, 1.54) is 0 Å². The van der Waals surface area contributed by atoms with Gasteiger partial charge in [-0.25, -0.2) is 4.68 Å². The third kappa shape index (κ3) is 5.12. The quantitative estimate of drug-likeness (QED) is 0.483. The molecule has 0 aliphatic carbocycles. The lowest BCUT2D eigenvalue weighted by molar-refractivity contribution is -0.127. The van der Waals surface area contributed by atoms with E-state index >= 15 is 0 Å². The van der Waals surface area contributed by atoms with Gasteiger partial charge in [0.25, 0.3) is 0 Å². The van der Waals surface area contributed by atoms with Gasteiger partial charge in [0.1, 0.15) is 18.9 Å². The molecule has 1 heterocycles. The maximum absolute atomic E-state index is 12.3. The van der Waals surface area contributed by atoms with Crippen LogP contribution in [0.25, 0.3) is 0 Å². The van der Waals surface area contributed by atoms with Gasteiger partial charge in [0.15, 0.2) is 16.4 Å². The SMILES string of the molecule is C=CCn1c(COc2ccc(Br)cc2)nn(CC(=O)C(C)(C)C)c1=S. The number of hydrogen-bond donors (Lipinski definition) is 0. The van der Waals surface area contributed by atoms with Gasteiger partial charge in [-0.1, -0.05) is 42.8 Å². The van der Waals surface area contributed by atoms with Crippen LogP contribution in [-0.2, 0) is 24.5 Å². The van der Waals surface area contributed by atoms with Crippen LogP contribution in [0.3, 0.4) is 0 Å². The summed E-state index contributed by atoms with van der Waals surface area (Å²) in [6, 6.07) is 7.56. The Hall–Kier alpha value is -1.73. The molecule has 2 rings (SSSR count). The number of aromatic nitrogens is 3. The summed E-state index contributed by atoms with van der Waals surface area (Å²) in [5.74, 6) is 1.47. The van der Waals surface area contributed by atoms with Crippen molar-refractivity contribution >= 4 is 33.9 Å². The first kappa shape index (κ1) is 19.6. The lowest BCUT2D eigenvalue weighted by Gasteiger charge is -2.15. The zero-order valence-corrected chi connectivity index (χ0v) is 17.1. The van der Waals surface area contributed by atoms with Crippen LogP contribution < -0.4 is 4.74 Å². The first-order chi connectivity index (χ1) is 11.7. The van der Waals surface area contributed by atoms with Gasteiger partial charge in [0.05, 0.1) is 0 Å². The molecule has 5 nitrogen and oxygen atoms in total. The molecular formula is C18H22BrN3O2S. The van der Waals surface area contributed by atoms with Gasteiger partial charge in [-0.05, 0) is 36.5 Å². The predicted molar refractivity (Wildman–Crippen MR) is 104 cm³/mol. The highest BCUT2D eigenvalue weighted by molar-refractivity contribution is 9.10. The Balaban J connectivity index is 2.23. The highest BCUT2D eigenvalue weighted by Gasteiger charge is 2.23. The van der Waals surface area contributed by atoms with Gasteiger partial charge in [-0.3, -0.25) is 9.36 Å². The molecule has 0 radical (unpaired) electrons. The summed E-state index contributed by atoms with van der Waals surface area (Å²) in [7, 11) is 0. The van der Waals surface area contributed by atoms with E-state index in [1.807, 2.05) is 49.6 Å². The fourth-order valence-corrected chi connectivity index (χ4v) is 2.61. The van der Waals surface area contributed by atoms with E-state index < -0.39 is 5.41 Å². The highest BCUT2D eigenvalue weighted by Crippen LogP contribution is 2.18. The lowest BCUT2D eigenvalue weighted by atomic mass is 9.91. The van der Waals surface area contributed by atoms with Crippen LogP contribution >= 0.6 is 28.1 Å². The molecule has 0 amide bonds. The molecule has 0 fully saturated rings. The van der Waals surface area contributed by atoms with Gasteiger partial charge < -0.3 is 4.74 Å². The largest absolute Gasteiger partial charge is 0.486 e. The number of Topliss-reactive ketones (excluding diaryl/α,β-unsaturated/α-hetero) is 1. The highest BCUT2D eigenvalue weighted by atomic mass is 79.9. The summed E-state index contributed by atoms with van der Waals surface area (Å²) in [4.78, 5) is 12.3. The zero-order chi connectivity index (χ0) is 18.6. The first-order valence-electron chi connectivity index (χ1n) is 7.91. The van der Waals surface area contributed by atoms with Gasteiger partial charge in [-0.2, -0.15) is 5.10 Å². The molecule has 0 bridgehead atoms. The van der Waals surface area contributed by atoms with Crippen LogP contribution in [-0.4, -0.2) is 20.1 Å². The second kappa shape index (κ2) is 8.10. The monoisotopic (exact) mass is 423 g/mol. The van der Waals surface area contributed by atoms with Crippen LogP contribution in [0.4, 0.5) is 0 Å². The Labute approximate surface area is 161 Å². The number of hydrogen-bond acceptors (Lipinski definition) is 4. The topological polar surface area (TPSA) is 49.0 Å².